The number of carbonyl (C=O) groups excluding carboxylic acids is 4. The van der Waals surface area contributed by atoms with Crippen molar-refractivity contribution in [2.75, 3.05) is 13.2 Å². The first-order chi connectivity index (χ1) is 11.6. The summed E-state index contributed by atoms with van der Waals surface area (Å²) in [5, 5.41) is 21.2. The number of hydrogen-bond acceptors (Lipinski definition) is 8. The summed E-state index contributed by atoms with van der Waals surface area (Å²) in [5.41, 5.74) is -1.21. The van der Waals surface area contributed by atoms with Gasteiger partial charge in [0, 0.05) is 17.1 Å². The van der Waals surface area contributed by atoms with Gasteiger partial charge in [0.2, 0.25) is 0 Å². The van der Waals surface area contributed by atoms with E-state index in [0.29, 0.717) is 12.2 Å². The van der Waals surface area contributed by atoms with Crippen LogP contribution in [0.2, 0.25) is 0 Å². The maximum atomic E-state index is 12.0. The molecule has 8 nitrogen and oxygen atoms in total. The molecule has 0 radical (unpaired) electrons. The molecule has 0 unspecified atom stereocenters. The van der Waals surface area contributed by atoms with Crippen LogP contribution in [0.3, 0.4) is 0 Å². The molecule has 0 aliphatic carbocycles. The largest absolute Gasteiger partial charge is 0.545 e. The summed E-state index contributed by atoms with van der Waals surface area (Å²) < 4.78 is 9.92. The highest BCUT2D eigenvalue weighted by atomic mass is 16.5. The maximum Gasteiger partial charge on any atom is 0.338 e. The minimum Gasteiger partial charge on any atom is -0.545 e. The molecule has 0 fully saturated rings. The van der Waals surface area contributed by atoms with Crippen LogP contribution >= 0.6 is 0 Å². The minimum atomic E-state index is -1.53. The van der Waals surface area contributed by atoms with E-state index in [2.05, 4.69) is 0 Å². The van der Waals surface area contributed by atoms with Crippen molar-refractivity contribution in [3.63, 3.8) is 0 Å². The van der Waals surface area contributed by atoms with Crippen molar-refractivity contribution in [1.29, 1.82) is 0 Å². The van der Waals surface area contributed by atoms with Crippen molar-refractivity contribution in [3.8, 4) is 0 Å². The van der Waals surface area contributed by atoms with Gasteiger partial charge >= 0.3 is 11.9 Å². The van der Waals surface area contributed by atoms with Crippen molar-refractivity contribution in [1.82, 2.24) is 0 Å². The molecule has 1 rings (SSSR count). The molecular weight excluding hydrogens is 332 g/mol. The number of carbonyl (C=O) groups is 4. The Morgan fingerprint density at radius 2 is 1.52 bits per heavy atom. The molecule has 0 aromatic heterocycles. The Morgan fingerprint density at radius 1 is 0.960 bits per heavy atom. The van der Waals surface area contributed by atoms with Gasteiger partial charge in [-0.3, -0.25) is 0 Å². The van der Waals surface area contributed by atoms with E-state index in [4.69, 9.17) is 9.47 Å². The fourth-order valence-electron chi connectivity index (χ4n) is 1.67. The van der Waals surface area contributed by atoms with Crippen LogP contribution < -0.4 is 10.2 Å². The van der Waals surface area contributed by atoms with Crippen LogP contribution in [0.25, 0.3) is 0 Å². The topological polar surface area (TPSA) is 133 Å². The average molecular weight is 348 g/mol. The smallest absolute Gasteiger partial charge is 0.338 e. The van der Waals surface area contributed by atoms with Crippen molar-refractivity contribution in [2.24, 2.45) is 5.41 Å². The van der Waals surface area contributed by atoms with Crippen LogP contribution in [-0.2, 0) is 19.1 Å². The second kappa shape index (κ2) is 8.62. The number of esters is 2. The molecule has 0 spiro atoms. The first kappa shape index (κ1) is 19.9. The Labute approximate surface area is 143 Å². The molecular formula is C17H16O8-2. The molecule has 0 N–H and O–H groups in total. The third-order valence-electron chi connectivity index (χ3n) is 2.92. The molecule has 0 heterocycles. The third kappa shape index (κ3) is 6.86. The standard InChI is InChI=1S/C17H18O8/c1-17(2,9-24-14(20)8-7-13(18)19)10-25-16(23)12-6-4-3-5-11(12)15(21)22/h3-8H,9-10H2,1-2H3,(H,18,19)(H,21,22)/p-2/b8-7+. The summed E-state index contributed by atoms with van der Waals surface area (Å²) >= 11 is 0. The summed E-state index contributed by atoms with van der Waals surface area (Å²) in [4.78, 5) is 44.5. The lowest BCUT2D eigenvalue weighted by Crippen LogP contribution is -2.30. The molecule has 0 atom stereocenters. The SMILES string of the molecule is CC(C)(COC(=O)/C=C/C(=O)[O-])COC(=O)c1ccccc1C(=O)[O-]. The number of aliphatic carboxylic acids is 1. The zero-order valence-corrected chi connectivity index (χ0v) is 13.6. The van der Waals surface area contributed by atoms with Gasteiger partial charge in [-0.15, -0.1) is 0 Å². The van der Waals surface area contributed by atoms with Crippen LogP contribution in [0.15, 0.2) is 36.4 Å². The number of hydrogen-bond donors (Lipinski definition) is 0. The molecule has 1 aromatic rings. The Hall–Kier alpha value is -3.16. The van der Waals surface area contributed by atoms with E-state index in [-0.39, 0.29) is 24.3 Å². The summed E-state index contributed by atoms with van der Waals surface area (Å²) in [6.07, 6.45) is 1.24. The average Bonchev–Trinajstić information content (AvgIpc) is 2.56. The van der Waals surface area contributed by atoms with E-state index in [9.17, 15) is 29.4 Å². The highest BCUT2D eigenvalue weighted by molar-refractivity contribution is 6.01. The molecule has 1 aromatic carbocycles. The summed E-state index contributed by atoms with van der Waals surface area (Å²) in [5.74, 6) is -4.76. The first-order valence-electron chi connectivity index (χ1n) is 7.16. The summed E-state index contributed by atoms with van der Waals surface area (Å²) in [7, 11) is 0. The van der Waals surface area contributed by atoms with Gasteiger partial charge in [-0.05, 0) is 12.1 Å². The van der Waals surface area contributed by atoms with Crippen LogP contribution in [0, 0.1) is 5.41 Å². The number of carboxylic acids is 2. The predicted octanol–water partition coefficient (Wildman–Crippen LogP) is -0.918. The van der Waals surface area contributed by atoms with Crippen LogP contribution in [0.5, 0.6) is 0 Å². The molecule has 0 saturated carbocycles. The molecule has 0 aliphatic heterocycles. The lowest BCUT2D eigenvalue weighted by Gasteiger charge is -2.23. The molecule has 0 aliphatic rings. The highest BCUT2D eigenvalue weighted by Gasteiger charge is 2.23. The summed E-state index contributed by atoms with van der Waals surface area (Å²) in [6, 6.07) is 5.46. The Kier molecular flexibility index (Phi) is 6.86. The number of carboxylic acid groups (broad SMARTS) is 2. The van der Waals surface area contributed by atoms with E-state index in [1.165, 1.54) is 24.3 Å². The van der Waals surface area contributed by atoms with Gasteiger partial charge in [-0.25, -0.2) is 9.59 Å². The Bertz CT molecular complexity index is 702. The van der Waals surface area contributed by atoms with Gasteiger partial charge in [0.25, 0.3) is 0 Å². The zero-order chi connectivity index (χ0) is 19.0. The number of ether oxygens (including phenoxy) is 2. The van der Waals surface area contributed by atoms with E-state index < -0.39 is 29.3 Å². The molecule has 0 amide bonds. The highest BCUT2D eigenvalue weighted by Crippen LogP contribution is 2.18. The number of benzene rings is 1. The number of aromatic carboxylic acids is 1. The van der Waals surface area contributed by atoms with Gasteiger partial charge in [0.15, 0.2) is 0 Å². The van der Waals surface area contributed by atoms with Gasteiger partial charge in [-0.1, -0.05) is 32.0 Å². The van der Waals surface area contributed by atoms with Crippen molar-refractivity contribution >= 4 is 23.9 Å². The van der Waals surface area contributed by atoms with E-state index in [0.717, 1.165) is 0 Å². The quantitative estimate of drug-likeness (QED) is 0.435. The molecule has 0 bridgehead atoms. The van der Waals surface area contributed by atoms with Gasteiger partial charge in [0.1, 0.15) is 0 Å². The van der Waals surface area contributed by atoms with E-state index in [1.54, 1.807) is 13.8 Å². The number of rotatable bonds is 8. The van der Waals surface area contributed by atoms with Gasteiger partial charge in [-0.2, -0.15) is 0 Å². The van der Waals surface area contributed by atoms with Crippen molar-refractivity contribution in [2.45, 2.75) is 13.8 Å². The second-order valence-corrected chi connectivity index (χ2v) is 5.83. The Balaban J connectivity index is 2.61. The van der Waals surface area contributed by atoms with E-state index in [1.807, 2.05) is 0 Å². The molecule has 8 heteroatoms. The first-order valence-corrected chi connectivity index (χ1v) is 7.16. The second-order valence-electron chi connectivity index (χ2n) is 5.83. The van der Waals surface area contributed by atoms with Gasteiger partial charge in [0.05, 0.1) is 30.7 Å². The lowest BCUT2D eigenvalue weighted by atomic mass is 9.96. The molecule has 134 valence electrons. The fraction of sp³-hybridized carbons (Fsp3) is 0.294. The predicted molar refractivity (Wildman–Crippen MR) is 79.9 cm³/mol. The van der Waals surface area contributed by atoms with Gasteiger partial charge < -0.3 is 29.3 Å². The van der Waals surface area contributed by atoms with Crippen molar-refractivity contribution in [3.05, 3.63) is 47.5 Å². The van der Waals surface area contributed by atoms with Crippen LogP contribution in [-0.4, -0.2) is 37.1 Å². The summed E-state index contributed by atoms with van der Waals surface area (Å²) in [6.45, 7) is 2.96. The van der Waals surface area contributed by atoms with Crippen LogP contribution in [0.1, 0.15) is 34.6 Å². The third-order valence-corrected chi connectivity index (χ3v) is 2.92. The Morgan fingerprint density at radius 3 is 2.08 bits per heavy atom. The monoisotopic (exact) mass is 348 g/mol. The molecule has 0 saturated heterocycles. The van der Waals surface area contributed by atoms with Crippen LogP contribution in [0.4, 0.5) is 0 Å². The normalized spacial score (nSPS) is 11.1. The fourth-order valence-corrected chi connectivity index (χ4v) is 1.67. The lowest BCUT2D eigenvalue weighted by molar-refractivity contribution is -0.297. The van der Waals surface area contributed by atoms with E-state index >= 15 is 0 Å². The maximum absolute atomic E-state index is 12.0. The van der Waals surface area contributed by atoms with Crippen molar-refractivity contribution < 1.29 is 38.9 Å². The zero-order valence-electron chi connectivity index (χ0n) is 13.6. The molecule has 25 heavy (non-hydrogen) atoms. The minimum absolute atomic E-state index is 0.146.